The molecule has 36 heteroatoms. The molecule has 1 fully saturated rings. The first-order chi connectivity index (χ1) is 48.2. The summed E-state index contributed by atoms with van der Waals surface area (Å²) in [5.41, 5.74) is 1.58. The largest absolute Gasteiger partial charge is 0.494 e. The Morgan fingerprint density at radius 3 is 1.77 bits per heavy atom. The zero-order valence-corrected chi connectivity index (χ0v) is 58.8. The topological polar surface area (TPSA) is 457 Å². The number of likely N-dealkylation sites (N-methyl/N-ethyl adjacent to an activating group) is 1. The standard InChI is InChI=1S/C65H95N13O21S2/c1-5-75-20-22-77(43-58(81)82)26-24-76(25-27-78(23-21-75)44-59(83)84)42-57(80)72-53(37-47-10-13-49(14-11-47)99-101(92,93)94)63(87)67-17-8-29-96-32-34-97-33-31-95-28-7-16-66-56(79)9-6-30-98-50-35-45(2)61(46(3)36-50)100(90,91)73-54(64(88)89)40-70-62(86)52-41-74(4)55-38-48(12-15-51(55)60(52)85)39-71-65-68-18-19-69-65/h10-15,18-19,35-36,38,41,53-54,73,92-94H,5-9,16-17,20-34,37,39-40,42-44H2,1-4H3,(H,66,79)(H,67,87)(H,70,86)(H,72,80)(H,81,82)(H,83,84)(H,88,89)(H2,68,69,71)/t53-,54+/m1/s1. The number of fused-ring (bicyclic) bond motifs is 1. The van der Waals surface area contributed by atoms with Crippen molar-refractivity contribution >= 4 is 79.6 Å². The molecule has 6 rings (SSSR count). The number of carbonyl (C=O) groups excluding carboxylic acids is 4. The number of amides is 4. The first-order valence-corrected chi connectivity index (χ1v) is 35.9. The second kappa shape index (κ2) is 41.5. The second-order valence-corrected chi connectivity index (χ2v) is 26.7. The number of benzene rings is 3. The number of nitrogens with zero attached hydrogens (tertiary/aromatic N) is 6. The Labute approximate surface area is 587 Å². The van der Waals surface area contributed by atoms with Crippen molar-refractivity contribution in [3.8, 4) is 11.5 Å². The highest BCUT2D eigenvalue weighted by atomic mass is 32.3. The minimum Gasteiger partial charge on any atom is -0.494 e. The van der Waals surface area contributed by atoms with Crippen LogP contribution in [0.1, 0.15) is 65.2 Å². The van der Waals surface area contributed by atoms with Gasteiger partial charge in [-0.2, -0.15) is 4.72 Å². The molecule has 558 valence electrons. The van der Waals surface area contributed by atoms with Crippen LogP contribution in [0.3, 0.4) is 0 Å². The number of carbonyl (C=O) groups is 7. The Kier molecular flexibility index (Phi) is 33.5. The number of aliphatic carboxylic acids is 3. The van der Waals surface area contributed by atoms with Crippen molar-refractivity contribution in [1.82, 2.24) is 60.1 Å². The number of H-pyrrole nitrogens is 1. The van der Waals surface area contributed by atoms with E-state index < -0.39 is 80.9 Å². The van der Waals surface area contributed by atoms with E-state index in [-0.39, 0.29) is 124 Å². The zero-order chi connectivity index (χ0) is 73.5. The number of aromatic nitrogens is 3. The van der Waals surface area contributed by atoms with Crippen molar-refractivity contribution < 1.29 is 94.1 Å². The lowest BCUT2D eigenvalue weighted by molar-refractivity contribution is -0.139. The number of hydrogen-bond acceptors (Lipinski definition) is 24. The summed E-state index contributed by atoms with van der Waals surface area (Å²) in [6.07, 6.45) is 6.05. The molecule has 1 saturated heterocycles. The molecule has 1 aliphatic heterocycles. The van der Waals surface area contributed by atoms with Crippen molar-refractivity contribution in [1.29, 1.82) is 0 Å². The molecule has 0 unspecified atom stereocenters. The van der Waals surface area contributed by atoms with E-state index in [1.54, 1.807) is 56.9 Å². The molecule has 0 aliphatic carbocycles. The van der Waals surface area contributed by atoms with Gasteiger partial charge in [-0.25, -0.2) is 13.4 Å². The molecule has 2 aromatic heterocycles. The van der Waals surface area contributed by atoms with Crippen LogP contribution in [-0.2, 0) is 73.0 Å². The molecule has 2 atom stereocenters. The molecule has 0 radical (unpaired) electrons. The Balaban J connectivity index is 0.834. The maximum Gasteiger partial charge on any atom is 0.323 e. The summed E-state index contributed by atoms with van der Waals surface area (Å²) in [7, 11) is -2.83. The van der Waals surface area contributed by atoms with E-state index in [0.717, 1.165) is 5.56 Å². The number of rotatable bonds is 42. The summed E-state index contributed by atoms with van der Waals surface area (Å²) < 4.78 is 86.5. The third-order valence-corrected chi connectivity index (χ3v) is 18.2. The van der Waals surface area contributed by atoms with E-state index in [0.29, 0.717) is 114 Å². The molecule has 3 heterocycles. The predicted molar refractivity (Wildman–Crippen MR) is 372 cm³/mol. The van der Waals surface area contributed by atoms with Crippen LogP contribution in [0.4, 0.5) is 5.95 Å². The number of anilines is 1. The first kappa shape index (κ1) is 81.6. The number of aromatic amines is 1. The van der Waals surface area contributed by atoms with Crippen LogP contribution in [-0.4, -0.2) is 270 Å². The highest BCUT2D eigenvalue weighted by molar-refractivity contribution is 8.15. The van der Waals surface area contributed by atoms with E-state index in [9.17, 15) is 75.8 Å². The molecule has 4 amide bonds. The predicted octanol–water partition coefficient (Wildman–Crippen LogP) is 1.53. The van der Waals surface area contributed by atoms with Crippen LogP contribution >= 0.6 is 11.2 Å². The van der Waals surface area contributed by atoms with Gasteiger partial charge in [0.15, 0.2) is 5.95 Å². The number of carboxylic acid groups (broad SMARTS) is 3. The lowest BCUT2D eigenvalue weighted by atomic mass is 10.0. The van der Waals surface area contributed by atoms with E-state index in [4.69, 9.17) is 23.1 Å². The molecular weight excluding hydrogens is 1360 g/mol. The van der Waals surface area contributed by atoms with Crippen molar-refractivity contribution in [3.05, 3.63) is 111 Å². The summed E-state index contributed by atoms with van der Waals surface area (Å²) in [5.74, 6) is -4.83. The average Bonchev–Trinajstić information content (AvgIpc) is 0.984. The van der Waals surface area contributed by atoms with Crippen LogP contribution < -0.4 is 45.7 Å². The number of imidazole rings is 1. The summed E-state index contributed by atoms with van der Waals surface area (Å²) in [6.45, 7) is 10.5. The van der Waals surface area contributed by atoms with Gasteiger partial charge >= 0.3 is 17.9 Å². The quantitative estimate of drug-likeness (QED) is 0.0246. The highest BCUT2D eigenvalue weighted by Crippen LogP contribution is 2.36. The molecule has 101 heavy (non-hydrogen) atoms. The van der Waals surface area contributed by atoms with E-state index >= 15 is 0 Å². The van der Waals surface area contributed by atoms with Gasteiger partial charge in [-0.15, -0.1) is 0 Å². The third-order valence-electron chi connectivity index (χ3n) is 16.0. The van der Waals surface area contributed by atoms with Crippen LogP contribution in [0.15, 0.2) is 82.9 Å². The summed E-state index contributed by atoms with van der Waals surface area (Å²) in [6, 6.07) is 10.9. The second-order valence-electron chi connectivity index (χ2n) is 23.9. The van der Waals surface area contributed by atoms with Crippen molar-refractivity contribution in [3.63, 3.8) is 0 Å². The normalized spacial score (nSPS) is 14.8. The van der Waals surface area contributed by atoms with Crippen LogP contribution in [0.25, 0.3) is 10.9 Å². The molecule has 3 aromatic carbocycles. The number of hydrogen-bond donors (Lipinski definition) is 13. The van der Waals surface area contributed by atoms with Crippen molar-refractivity contribution in [2.75, 3.05) is 150 Å². The molecular formula is C65H95N13O21S2. The smallest absolute Gasteiger partial charge is 0.323 e. The van der Waals surface area contributed by atoms with Gasteiger partial charge in [-0.3, -0.25) is 66.7 Å². The van der Waals surface area contributed by atoms with Crippen molar-refractivity contribution in [2.24, 2.45) is 7.05 Å². The highest BCUT2D eigenvalue weighted by Gasteiger charge is 2.30. The summed E-state index contributed by atoms with van der Waals surface area (Å²) >= 11 is -4.30. The van der Waals surface area contributed by atoms with Gasteiger partial charge in [0.05, 0.1) is 63.1 Å². The Morgan fingerprint density at radius 1 is 0.653 bits per heavy atom. The Bertz CT molecular complexity index is 3640. The van der Waals surface area contributed by atoms with Crippen LogP contribution in [0.5, 0.6) is 11.5 Å². The lowest BCUT2D eigenvalue weighted by Gasteiger charge is -2.33. The summed E-state index contributed by atoms with van der Waals surface area (Å²) in [4.78, 5) is 117. The molecule has 34 nitrogen and oxygen atoms in total. The molecule has 13 N–H and O–H groups in total. The molecule has 1 aliphatic rings. The molecule has 0 saturated carbocycles. The number of ether oxygens (including phenoxy) is 4. The van der Waals surface area contributed by atoms with Crippen LogP contribution in [0.2, 0.25) is 0 Å². The molecule has 0 bridgehead atoms. The Morgan fingerprint density at radius 2 is 1.22 bits per heavy atom. The number of pyridine rings is 1. The van der Waals surface area contributed by atoms with E-state index in [2.05, 4.69) is 46.2 Å². The zero-order valence-electron chi connectivity index (χ0n) is 57.2. The number of nitrogens with one attached hydrogen (secondary N) is 7. The van der Waals surface area contributed by atoms with Crippen molar-refractivity contribution in [2.45, 2.75) is 76.4 Å². The fraction of sp³-hybridized carbons (Fsp3) is 0.523. The monoisotopic (exact) mass is 1460 g/mol. The average molecular weight is 1460 g/mol. The number of sulfonamides is 1. The Hall–Kier alpha value is -8.37. The fourth-order valence-corrected chi connectivity index (χ4v) is 12.9. The van der Waals surface area contributed by atoms with Crippen LogP contribution in [0, 0.1) is 13.8 Å². The van der Waals surface area contributed by atoms with Gasteiger partial charge in [0.25, 0.3) is 17.1 Å². The molecule has 0 spiro atoms. The lowest BCUT2D eigenvalue weighted by Crippen LogP contribution is -2.52. The SMILES string of the molecule is CCN1CCN(CC(=O)O)CCN(CC(=O)N[C@H](Cc2ccc(OS(O)(O)O)cc2)C(=O)NCCCOCCOCCOCCCNC(=O)CCCOc2cc(C)c(S(=O)(=O)N[C@@H](CNC(=O)c3cn(C)c4cc(CNc5ncc[nH]5)ccc4c3=O)C(=O)O)c(C)c2)CCN(CC(=O)O)CC1. The minimum atomic E-state index is -4.48. The molecule has 5 aromatic rings. The van der Waals surface area contributed by atoms with E-state index in [1.165, 1.54) is 56.4 Å². The minimum absolute atomic E-state index is 0.00307. The number of aryl methyl sites for hydroxylation is 3. The first-order valence-electron chi connectivity index (χ1n) is 33.0. The van der Waals surface area contributed by atoms with Gasteiger partial charge in [-0.05, 0) is 98.3 Å². The van der Waals surface area contributed by atoms with Gasteiger partial charge < -0.3 is 79.5 Å². The van der Waals surface area contributed by atoms with Gasteiger partial charge in [0, 0.05) is 136 Å². The van der Waals surface area contributed by atoms with Gasteiger partial charge in [-0.1, -0.05) is 25.1 Å². The maximum absolute atomic E-state index is 13.8. The van der Waals surface area contributed by atoms with E-state index in [1.807, 2.05) is 6.92 Å². The third kappa shape index (κ3) is 29.3. The fourth-order valence-electron chi connectivity index (χ4n) is 10.9. The van der Waals surface area contributed by atoms with Gasteiger partial charge in [0.1, 0.15) is 29.1 Å². The summed E-state index contributed by atoms with van der Waals surface area (Å²) in [5, 5.41) is 43.5. The van der Waals surface area contributed by atoms with Gasteiger partial charge in [0.2, 0.25) is 33.2 Å². The maximum atomic E-state index is 13.8. The number of carboxylic acids is 3.